The second kappa shape index (κ2) is 3.48. The van der Waals surface area contributed by atoms with Crippen molar-refractivity contribution in [3.63, 3.8) is 0 Å². The lowest BCUT2D eigenvalue weighted by molar-refractivity contribution is 0.00680. The molecule has 2 heteroatoms. The summed E-state index contributed by atoms with van der Waals surface area (Å²) in [7, 11) is 0. The van der Waals surface area contributed by atoms with Crippen LogP contribution in [0.5, 0.6) is 0 Å². The smallest absolute Gasteiger partial charge is 0.0769 e. The van der Waals surface area contributed by atoms with Crippen LogP contribution in [0.4, 0.5) is 0 Å². The molecule has 1 heterocycles. The van der Waals surface area contributed by atoms with E-state index in [0.717, 1.165) is 6.42 Å². The van der Waals surface area contributed by atoms with Gasteiger partial charge in [-0.3, -0.25) is 0 Å². The van der Waals surface area contributed by atoms with E-state index in [1.807, 2.05) is 12.1 Å². The highest BCUT2D eigenvalue weighted by Gasteiger charge is 2.25. The van der Waals surface area contributed by atoms with Crippen molar-refractivity contribution in [1.82, 2.24) is 0 Å². The van der Waals surface area contributed by atoms with Gasteiger partial charge in [-0.05, 0) is 17.5 Å². The van der Waals surface area contributed by atoms with Gasteiger partial charge in [0.05, 0.1) is 18.8 Å². The van der Waals surface area contributed by atoms with Gasteiger partial charge in [0.1, 0.15) is 0 Å². The summed E-state index contributed by atoms with van der Waals surface area (Å²) in [6.07, 6.45) is 1.17. The van der Waals surface area contributed by atoms with Crippen LogP contribution in [0.25, 0.3) is 0 Å². The van der Waals surface area contributed by atoms with Gasteiger partial charge in [0, 0.05) is 0 Å². The molecular formula is C11H15NO. The van der Waals surface area contributed by atoms with Crippen LogP contribution in [0.3, 0.4) is 0 Å². The minimum Gasteiger partial charge on any atom is -0.372 e. The van der Waals surface area contributed by atoms with Crippen LogP contribution >= 0.6 is 0 Å². The molecular weight excluding hydrogens is 162 g/mol. The second-order valence-corrected chi connectivity index (χ2v) is 3.48. The zero-order valence-corrected chi connectivity index (χ0v) is 7.86. The summed E-state index contributed by atoms with van der Waals surface area (Å²) in [5.41, 5.74) is 8.56. The number of benzene rings is 1. The largest absolute Gasteiger partial charge is 0.372 e. The zero-order valence-electron chi connectivity index (χ0n) is 7.86. The Balaban J connectivity index is 2.33. The van der Waals surface area contributed by atoms with Crippen LogP contribution in [-0.4, -0.2) is 6.10 Å². The third-order valence-corrected chi connectivity index (χ3v) is 2.67. The van der Waals surface area contributed by atoms with Crippen molar-refractivity contribution in [2.24, 2.45) is 5.73 Å². The fraction of sp³-hybridized carbons (Fsp3) is 0.455. The molecule has 0 amide bonds. The summed E-state index contributed by atoms with van der Waals surface area (Å²) in [6.45, 7) is 2.82. The van der Waals surface area contributed by atoms with E-state index in [1.54, 1.807) is 0 Å². The molecule has 2 atom stereocenters. The SMILES string of the molecule is CCC1OCc2ccccc2[C@@H]1N. The van der Waals surface area contributed by atoms with Gasteiger partial charge in [0.2, 0.25) is 0 Å². The van der Waals surface area contributed by atoms with Gasteiger partial charge >= 0.3 is 0 Å². The minimum absolute atomic E-state index is 0.0509. The number of nitrogens with two attached hydrogens (primary N) is 1. The molecule has 1 aromatic carbocycles. The molecule has 0 aromatic heterocycles. The van der Waals surface area contributed by atoms with Gasteiger partial charge in [-0.25, -0.2) is 0 Å². The normalized spacial score (nSPS) is 26.9. The van der Waals surface area contributed by atoms with E-state index in [9.17, 15) is 0 Å². The standard InChI is InChI=1S/C11H15NO/c1-2-10-11(12)9-6-4-3-5-8(9)7-13-10/h3-6,10-11H,2,7,12H2,1H3/t10?,11-/m0/s1. The molecule has 0 aliphatic carbocycles. The highest BCUT2D eigenvalue weighted by atomic mass is 16.5. The van der Waals surface area contributed by atoms with Crippen molar-refractivity contribution in [3.8, 4) is 0 Å². The highest BCUT2D eigenvalue weighted by molar-refractivity contribution is 5.31. The fourth-order valence-electron chi connectivity index (χ4n) is 1.86. The summed E-state index contributed by atoms with van der Waals surface area (Å²) in [5, 5.41) is 0. The van der Waals surface area contributed by atoms with Gasteiger partial charge in [0.15, 0.2) is 0 Å². The predicted octanol–water partition coefficient (Wildman–Crippen LogP) is 2.00. The van der Waals surface area contributed by atoms with Crippen molar-refractivity contribution in [2.75, 3.05) is 0 Å². The Morgan fingerprint density at radius 3 is 3.00 bits per heavy atom. The van der Waals surface area contributed by atoms with Crippen molar-refractivity contribution < 1.29 is 4.74 Å². The Hall–Kier alpha value is -0.860. The highest BCUT2D eigenvalue weighted by Crippen LogP contribution is 2.28. The number of rotatable bonds is 1. The summed E-state index contributed by atoms with van der Waals surface area (Å²) in [5.74, 6) is 0. The summed E-state index contributed by atoms with van der Waals surface area (Å²) in [4.78, 5) is 0. The average molecular weight is 177 g/mol. The molecule has 0 saturated heterocycles. The van der Waals surface area contributed by atoms with E-state index >= 15 is 0 Å². The van der Waals surface area contributed by atoms with Crippen LogP contribution in [0.1, 0.15) is 30.5 Å². The lowest BCUT2D eigenvalue weighted by Crippen LogP contribution is -2.33. The molecule has 0 saturated carbocycles. The Morgan fingerprint density at radius 2 is 2.23 bits per heavy atom. The van der Waals surface area contributed by atoms with Crippen molar-refractivity contribution in [2.45, 2.75) is 32.1 Å². The lowest BCUT2D eigenvalue weighted by Gasteiger charge is -2.30. The first-order chi connectivity index (χ1) is 6.33. The minimum atomic E-state index is 0.0509. The molecule has 1 unspecified atom stereocenters. The second-order valence-electron chi connectivity index (χ2n) is 3.48. The van der Waals surface area contributed by atoms with Gasteiger partial charge < -0.3 is 10.5 Å². The molecule has 0 radical (unpaired) electrons. The van der Waals surface area contributed by atoms with Crippen LogP contribution in [0.15, 0.2) is 24.3 Å². The Bertz CT molecular complexity index is 298. The Kier molecular flexibility index (Phi) is 2.34. The van der Waals surface area contributed by atoms with Gasteiger partial charge in [-0.2, -0.15) is 0 Å². The predicted molar refractivity (Wildman–Crippen MR) is 52.2 cm³/mol. The van der Waals surface area contributed by atoms with Gasteiger partial charge in [0.25, 0.3) is 0 Å². The quantitative estimate of drug-likeness (QED) is 0.712. The number of ether oxygens (including phenoxy) is 1. The molecule has 13 heavy (non-hydrogen) atoms. The van der Waals surface area contributed by atoms with Crippen LogP contribution < -0.4 is 5.73 Å². The summed E-state index contributed by atoms with van der Waals surface area (Å²) in [6, 6.07) is 8.31. The molecule has 0 fully saturated rings. The first-order valence-corrected chi connectivity index (χ1v) is 4.78. The first-order valence-electron chi connectivity index (χ1n) is 4.78. The third-order valence-electron chi connectivity index (χ3n) is 2.67. The molecule has 2 N–H and O–H groups in total. The Morgan fingerprint density at radius 1 is 1.46 bits per heavy atom. The zero-order chi connectivity index (χ0) is 9.26. The number of hydrogen-bond donors (Lipinski definition) is 1. The van der Waals surface area contributed by atoms with Gasteiger partial charge in [-0.15, -0.1) is 0 Å². The maximum Gasteiger partial charge on any atom is 0.0769 e. The molecule has 0 spiro atoms. The molecule has 2 rings (SSSR count). The van der Waals surface area contributed by atoms with Crippen molar-refractivity contribution in [1.29, 1.82) is 0 Å². The van der Waals surface area contributed by atoms with E-state index in [2.05, 4.69) is 19.1 Å². The van der Waals surface area contributed by atoms with Crippen LogP contribution in [-0.2, 0) is 11.3 Å². The molecule has 0 bridgehead atoms. The number of hydrogen-bond acceptors (Lipinski definition) is 2. The van der Waals surface area contributed by atoms with Crippen LogP contribution in [0.2, 0.25) is 0 Å². The molecule has 1 aliphatic heterocycles. The van der Waals surface area contributed by atoms with E-state index in [1.165, 1.54) is 11.1 Å². The topological polar surface area (TPSA) is 35.2 Å². The van der Waals surface area contributed by atoms with E-state index in [-0.39, 0.29) is 12.1 Å². The first kappa shape index (κ1) is 8.73. The maximum absolute atomic E-state index is 6.08. The average Bonchev–Trinajstić information content (AvgIpc) is 2.19. The molecule has 1 aromatic rings. The van der Waals surface area contributed by atoms with E-state index < -0.39 is 0 Å². The molecule has 2 nitrogen and oxygen atoms in total. The monoisotopic (exact) mass is 177 g/mol. The fourth-order valence-corrected chi connectivity index (χ4v) is 1.86. The third kappa shape index (κ3) is 1.47. The van der Waals surface area contributed by atoms with Crippen molar-refractivity contribution in [3.05, 3.63) is 35.4 Å². The van der Waals surface area contributed by atoms with E-state index in [0.29, 0.717) is 6.61 Å². The molecule has 70 valence electrons. The van der Waals surface area contributed by atoms with E-state index in [4.69, 9.17) is 10.5 Å². The summed E-state index contributed by atoms with van der Waals surface area (Å²) < 4.78 is 5.64. The van der Waals surface area contributed by atoms with Gasteiger partial charge in [-0.1, -0.05) is 31.2 Å². The van der Waals surface area contributed by atoms with Crippen molar-refractivity contribution >= 4 is 0 Å². The molecule has 1 aliphatic rings. The lowest BCUT2D eigenvalue weighted by atomic mass is 9.93. The Labute approximate surface area is 78.7 Å². The van der Waals surface area contributed by atoms with Crippen LogP contribution in [0, 0.1) is 0 Å². The maximum atomic E-state index is 6.08. The number of fused-ring (bicyclic) bond motifs is 1. The summed E-state index contributed by atoms with van der Waals surface area (Å²) >= 11 is 0.